The molecule has 0 saturated heterocycles. The van der Waals surface area contributed by atoms with Gasteiger partial charge in [0.1, 0.15) is 11.4 Å². The van der Waals surface area contributed by atoms with E-state index in [0.29, 0.717) is 0 Å². The van der Waals surface area contributed by atoms with Gasteiger partial charge in [-0.3, -0.25) is 24.2 Å². The number of nitrogens with one attached hydrogen (secondary N) is 5. The minimum Gasteiger partial charge on any atom is -0.506 e. The number of β-amino-alcohol motifs (C(OH)–C–C–N with tert-alkyl or cyclic N) is 1. The summed E-state index contributed by atoms with van der Waals surface area (Å²) in [4.78, 5) is 54.9. The van der Waals surface area contributed by atoms with Gasteiger partial charge >= 0.3 is 5.97 Å². The van der Waals surface area contributed by atoms with E-state index in [1.54, 1.807) is 0 Å². The maximum atomic E-state index is 12.5. The first-order valence-electron chi connectivity index (χ1n) is 10.5. The van der Waals surface area contributed by atoms with Crippen molar-refractivity contribution in [3.63, 3.8) is 0 Å². The molecule has 1 aromatic carbocycles. The Bertz CT molecular complexity index is 1270. The molecule has 1 aliphatic rings. The predicted octanol–water partition coefficient (Wildman–Crippen LogP) is 0.290. The Balaban J connectivity index is 1.66. The number of benzene rings is 1. The number of hydrogen-bond acceptors (Lipinski definition) is 9. The van der Waals surface area contributed by atoms with Gasteiger partial charge in [-0.1, -0.05) is 11.6 Å². The van der Waals surface area contributed by atoms with Gasteiger partial charge in [0.2, 0.25) is 5.91 Å². The average Bonchev–Trinajstić information content (AvgIpc) is 2.82. The number of aromatic hydroxyl groups is 1. The maximum absolute atomic E-state index is 12.5. The van der Waals surface area contributed by atoms with E-state index in [4.69, 9.17) is 11.6 Å². The number of aliphatic carboxylic acids is 1. The summed E-state index contributed by atoms with van der Waals surface area (Å²) in [6, 6.07) is 2.87. The van der Waals surface area contributed by atoms with Crippen LogP contribution in [0.1, 0.15) is 28.4 Å². The number of aromatic nitrogens is 1. The third kappa shape index (κ3) is 7.19. The summed E-state index contributed by atoms with van der Waals surface area (Å²) >= 11 is 9.10. The van der Waals surface area contributed by atoms with Gasteiger partial charge in [0, 0.05) is 23.3 Å². The SMILES string of the molecule is O=C(O)C[C@@H](NC(=O)CNC(=O)c1c[nH]c(=O)c(NC2=NCC(O)CN2)c1)c1cc(Cl)cc(Br)c1O. The third-order valence-corrected chi connectivity index (χ3v) is 5.76. The lowest BCUT2D eigenvalue weighted by Gasteiger charge is -2.20. The van der Waals surface area contributed by atoms with Crippen molar-refractivity contribution in [2.75, 3.05) is 25.0 Å². The number of carbonyl (C=O) groups excluding carboxylic acids is 2. The highest BCUT2D eigenvalue weighted by molar-refractivity contribution is 9.10. The molecule has 0 spiro atoms. The highest BCUT2D eigenvalue weighted by Crippen LogP contribution is 2.36. The number of halogens is 2. The summed E-state index contributed by atoms with van der Waals surface area (Å²) in [7, 11) is 0. The fourth-order valence-electron chi connectivity index (χ4n) is 3.22. The number of guanidine groups is 1. The molecule has 0 saturated carbocycles. The smallest absolute Gasteiger partial charge is 0.305 e. The zero-order valence-electron chi connectivity index (χ0n) is 18.5. The Hall–Kier alpha value is -3.62. The number of hydrogen-bond donors (Lipinski definition) is 8. The van der Waals surface area contributed by atoms with E-state index in [-0.39, 0.29) is 51.1 Å². The van der Waals surface area contributed by atoms with Crippen LogP contribution in [0, 0.1) is 0 Å². The molecule has 0 radical (unpaired) electrons. The molecular weight excluding hydrogens is 564 g/mol. The van der Waals surface area contributed by atoms with E-state index in [2.05, 4.69) is 47.2 Å². The van der Waals surface area contributed by atoms with Gasteiger partial charge in [-0.2, -0.15) is 0 Å². The number of aliphatic hydroxyl groups is 1. The Labute approximate surface area is 217 Å². The Morgan fingerprint density at radius 2 is 2.03 bits per heavy atom. The molecule has 0 aliphatic carbocycles. The first-order valence-corrected chi connectivity index (χ1v) is 11.6. The number of phenols is 1. The van der Waals surface area contributed by atoms with Gasteiger partial charge in [-0.15, -0.1) is 0 Å². The van der Waals surface area contributed by atoms with Gasteiger partial charge in [0.05, 0.1) is 41.7 Å². The second-order valence-electron chi connectivity index (χ2n) is 7.71. The molecule has 8 N–H and O–H groups in total. The van der Waals surface area contributed by atoms with Gasteiger partial charge in [-0.25, -0.2) is 0 Å². The van der Waals surface area contributed by atoms with E-state index in [1.807, 2.05) is 0 Å². The Morgan fingerprint density at radius 1 is 1.28 bits per heavy atom. The molecule has 2 atom stereocenters. The van der Waals surface area contributed by atoms with E-state index >= 15 is 0 Å². The van der Waals surface area contributed by atoms with Crippen molar-refractivity contribution in [1.82, 2.24) is 20.9 Å². The molecule has 2 aromatic rings. The molecule has 2 heterocycles. The lowest BCUT2D eigenvalue weighted by Crippen LogP contribution is -2.43. The quantitative estimate of drug-likeness (QED) is 0.214. The maximum Gasteiger partial charge on any atom is 0.305 e. The van der Waals surface area contributed by atoms with Crippen LogP contribution >= 0.6 is 27.5 Å². The minimum atomic E-state index is -1.24. The van der Waals surface area contributed by atoms with Crippen molar-refractivity contribution in [3.8, 4) is 5.75 Å². The predicted molar refractivity (Wildman–Crippen MR) is 133 cm³/mol. The summed E-state index contributed by atoms with van der Waals surface area (Å²) in [5.41, 5.74) is -0.401. The molecule has 0 bridgehead atoms. The number of carbonyl (C=O) groups is 3. The number of nitrogens with zero attached hydrogens (tertiary/aromatic N) is 1. The van der Waals surface area contributed by atoms with Crippen molar-refractivity contribution >= 4 is 57.0 Å². The largest absolute Gasteiger partial charge is 0.506 e. The first kappa shape index (κ1) is 27.0. The topological polar surface area (TPSA) is 205 Å². The molecule has 1 aromatic heterocycles. The summed E-state index contributed by atoms with van der Waals surface area (Å²) in [5.74, 6) is -2.69. The summed E-state index contributed by atoms with van der Waals surface area (Å²) in [6.45, 7) is -0.132. The van der Waals surface area contributed by atoms with Crippen LogP contribution in [0.5, 0.6) is 5.75 Å². The van der Waals surface area contributed by atoms with Crippen molar-refractivity contribution in [1.29, 1.82) is 0 Å². The lowest BCUT2D eigenvalue weighted by atomic mass is 10.0. The number of aliphatic hydroxyl groups excluding tert-OH is 1. The molecule has 0 fully saturated rings. The van der Waals surface area contributed by atoms with Crippen LogP contribution in [0.3, 0.4) is 0 Å². The van der Waals surface area contributed by atoms with E-state index in [1.165, 1.54) is 18.2 Å². The molecule has 13 nitrogen and oxygen atoms in total. The number of phenolic OH excluding ortho intramolecular Hbond substituents is 1. The standard InChI is InChI=1S/C21H22BrClN6O7/c22-13-3-10(23)2-12(18(13)34)14(4-17(32)33)28-16(31)8-25-19(35)9-1-15(20(36)24-5-9)29-21-26-6-11(30)7-27-21/h1-3,5,11,14,30,34H,4,6-8H2,(H,24,36)(H,25,35)(H,28,31)(H,32,33)(H2,26,27,29)/t14-/m1/s1. The number of pyridine rings is 1. The highest BCUT2D eigenvalue weighted by atomic mass is 79.9. The fourth-order valence-corrected chi connectivity index (χ4v) is 4.06. The van der Waals surface area contributed by atoms with Crippen molar-refractivity contribution in [2.45, 2.75) is 18.6 Å². The molecule has 2 amide bonds. The van der Waals surface area contributed by atoms with E-state index in [0.717, 1.165) is 6.20 Å². The number of rotatable bonds is 8. The molecule has 192 valence electrons. The number of carboxylic acid groups (broad SMARTS) is 1. The third-order valence-electron chi connectivity index (χ3n) is 4.94. The zero-order valence-corrected chi connectivity index (χ0v) is 20.8. The van der Waals surface area contributed by atoms with Gasteiger partial charge in [-0.05, 0) is 34.1 Å². The number of anilines is 1. The monoisotopic (exact) mass is 584 g/mol. The number of amides is 2. The van der Waals surface area contributed by atoms with Crippen LogP contribution in [0.25, 0.3) is 0 Å². The van der Waals surface area contributed by atoms with Crippen LogP contribution in [-0.2, 0) is 9.59 Å². The number of aromatic amines is 1. The molecule has 3 rings (SSSR count). The van der Waals surface area contributed by atoms with Crippen LogP contribution in [-0.4, -0.2) is 69.8 Å². The number of carboxylic acids is 1. The van der Waals surface area contributed by atoms with Gasteiger partial charge in [0.25, 0.3) is 11.5 Å². The molecular formula is C21H22BrClN6O7. The van der Waals surface area contributed by atoms with Crippen molar-refractivity contribution in [3.05, 3.63) is 55.4 Å². The summed E-state index contributed by atoms with van der Waals surface area (Å²) in [5, 5.41) is 39.6. The summed E-state index contributed by atoms with van der Waals surface area (Å²) < 4.78 is 0.219. The van der Waals surface area contributed by atoms with Gasteiger partial charge in [0.15, 0.2) is 5.96 Å². The van der Waals surface area contributed by atoms with E-state index in [9.17, 15) is 34.5 Å². The molecule has 1 aliphatic heterocycles. The average molecular weight is 586 g/mol. The molecule has 36 heavy (non-hydrogen) atoms. The summed E-state index contributed by atoms with van der Waals surface area (Å²) in [6.07, 6.45) is -0.0317. The van der Waals surface area contributed by atoms with Crippen LogP contribution in [0.4, 0.5) is 5.69 Å². The number of aliphatic imine (C=N–C) groups is 1. The van der Waals surface area contributed by atoms with Crippen LogP contribution in [0.2, 0.25) is 5.02 Å². The second kappa shape index (κ2) is 11.9. The normalized spacial score (nSPS) is 15.8. The second-order valence-corrected chi connectivity index (χ2v) is 9.00. The first-order chi connectivity index (χ1) is 17.0. The number of H-pyrrole nitrogens is 1. The zero-order chi connectivity index (χ0) is 26.4. The van der Waals surface area contributed by atoms with Crippen molar-refractivity contribution in [2.24, 2.45) is 4.99 Å². The van der Waals surface area contributed by atoms with E-state index < -0.39 is 48.5 Å². The van der Waals surface area contributed by atoms with Crippen LogP contribution in [0.15, 0.2) is 38.7 Å². The minimum absolute atomic E-state index is 0.0123. The fraction of sp³-hybridized carbons (Fsp3) is 0.286. The molecule has 15 heteroatoms. The van der Waals surface area contributed by atoms with Crippen molar-refractivity contribution < 1.29 is 29.7 Å². The Kier molecular flexibility index (Phi) is 8.90. The lowest BCUT2D eigenvalue weighted by molar-refractivity contribution is -0.137. The Morgan fingerprint density at radius 3 is 2.69 bits per heavy atom. The van der Waals surface area contributed by atoms with Gasteiger partial charge < -0.3 is 41.6 Å². The van der Waals surface area contributed by atoms with Crippen LogP contribution < -0.4 is 26.8 Å². The highest BCUT2D eigenvalue weighted by Gasteiger charge is 2.23. The molecule has 1 unspecified atom stereocenters.